The van der Waals surface area contributed by atoms with E-state index in [2.05, 4.69) is 27.2 Å². The second-order valence-electron chi connectivity index (χ2n) is 7.86. The first-order valence-electron chi connectivity index (χ1n) is 11.1. The maximum absolute atomic E-state index is 11.2. The first kappa shape index (κ1) is 21.3. The lowest BCUT2D eigenvalue weighted by atomic mass is 10.1. The number of rotatable bonds is 8. The highest BCUT2D eigenvalue weighted by molar-refractivity contribution is 6.00. The summed E-state index contributed by atoms with van der Waals surface area (Å²) in [7, 11) is 0. The number of carbonyl (C=O) groups is 1. The van der Waals surface area contributed by atoms with E-state index in [1.165, 1.54) is 24.9 Å². The molecule has 7 nitrogen and oxygen atoms in total. The molecule has 2 aliphatic heterocycles. The van der Waals surface area contributed by atoms with Crippen LogP contribution < -0.4 is 9.64 Å². The van der Waals surface area contributed by atoms with Crippen molar-refractivity contribution in [3.63, 3.8) is 0 Å². The normalized spacial score (nSPS) is 19.7. The summed E-state index contributed by atoms with van der Waals surface area (Å²) in [5, 5.41) is 4.28. The van der Waals surface area contributed by atoms with E-state index >= 15 is 0 Å². The van der Waals surface area contributed by atoms with E-state index in [0.29, 0.717) is 23.6 Å². The smallest absolute Gasteiger partial charge is 0.226 e. The van der Waals surface area contributed by atoms with Gasteiger partial charge in [-0.2, -0.15) is 0 Å². The van der Waals surface area contributed by atoms with Crippen LogP contribution in [0.25, 0.3) is 0 Å². The van der Waals surface area contributed by atoms with Crippen molar-refractivity contribution in [3.8, 4) is 5.75 Å². The summed E-state index contributed by atoms with van der Waals surface area (Å²) < 4.78 is 11.6. The maximum atomic E-state index is 11.2. The predicted octanol–water partition coefficient (Wildman–Crippen LogP) is 4.21. The first-order valence-corrected chi connectivity index (χ1v) is 11.1. The van der Waals surface area contributed by atoms with Crippen molar-refractivity contribution in [1.82, 2.24) is 4.98 Å². The summed E-state index contributed by atoms with van der Waals surface area (Å²) in [5.74, 6) is 0.744. The molecule has 31 heavy (non-hydrogen) atoms. The number of ether oxygens (including phenoxy) is 2. The fraction of sp³-hybridized carbons (Fsp3) is 0.458. The van der Waals surface area contributed by atoms with Crippen LogP contribution in [-0.4, -0.2) is 49.6 Å². The maximum Gasteiger partial charge on any atom is 0.226 e. The summed E-state index contributed by atoms with van der Waals surface area (Å²) in [6, 6.07) is 11.5. The van der Waals surface area contributed by atoms with Crippen LogP contribution in [0.2, 0.25) is 0 Å². The second-order valence-corrected chi connectivity index (χ2v) is 7.86. The summed E-state index contributed by atoms with van der Waals surface area (Å²) in [6.45, 7) is 3.06. The van der Waals surface area contributed by atoms with Crippen LogP contribution in [0, 0.1) is 0 Å². The molecular formula is C24H29N3O4. The summed E-state index contributed by atoms with van der Waals surface area (Å²) >= 11 is 0. The number of pyridine rings is 1. The van der Waals surface area contributed by atoms with Crippen LogP contribution in [0.4, 0.5) is 5.69 Å². The average molecular weight is 424 g/mol. The van der Waals surface area contributed by atoms with E-state index in [1.807, 2.05) is 12.1 Å². The molecule has 1 aromatic heterocycles. The van der Waals surface area contributed by atoms with Crippen LogP contribution in [0.1, 0.15) is 54.6 Å². The van der Waals surface area contributed by atoms with Crippen LogP contribution in [0.15, 0.2) is 47.8 Å². The lowest BCUT2D eigenvalue weighted by Crippen LogP contribution is -2.29. The molecule has 164 valence electrons. The van der Waals surface area contributed by atoms with Gasteiger partial charge >= 0.3 is 0 Å². The van der Waals surface area contributed by atoms with Crippen LogP contribution >= 0.6 is 0 Å². The van der Waals surface area contributed by atoms with Gasteiger partial charge in [-0.15, -0.1) is 0 Å². The third-order valence-electron chi connectivity index (χ3n) is 5.57. The standard InChI is InChI=1S/C24H29N3O4/c28-17-19-11-12-25-22(16-19)23(26-31-24-6-2-5-15-29-24)18-30-21-9-7-20(8-10-21)27-13-3-1-4-14-27/h7-12,16-17,24H,1-6,13-15,18H2/b26-23+. The number of nitrogens with zero attached hydrogens (tertiary/aromatic N) is 3. The molecule has 0 saturated carbocycles. The number of piperidine rings is 1. The monoisotopic (exact) mass is 423 g/mol. The van der Waals surface area contributed by atoms with Gasteiger partial charge in [-0.3, -0.25) is 9.78 Å². The number of oxime groups is 1. The van der Waals surface area contributed by atoms with Crippen molar-refractivity contribution in [2.75, 3.05) is 31.2 Å². The van der Waals surface area contributed by atoms with Crippen LogP contribution in [-0.2, 0) is 9.57 Å². The van der Waals surface area contributed by atoms with E-state index in [9.17, 15) is 4.79 Å². The lowest BCUT2D eigenvalue weighted by molar-refractivity contribution is -0.162. The Morgan fingerprint density at radius 1 is 1.13 bits per heavy atom. The zero-order valence-corrected chi connectivity index (χ0v) is 17.7. The molecule has 7 heteroatoms. The summed E-state index contributed by atoms with van der Waals surface area (Å²) in [6.07, 6.45) is 8.70. The Hall–Kier alpha value is -2.93. The SMILES string of the molecule is O=Cc1ccnc(/C(COc2ccc(N3CCCCC3)cc2)=N/OC2CCCCO2)c1. The van der Waals surface area contributed by atoms with E-state index in [0.717, 1.165) is 44.4 Å². The summed E-state index contributed by atoms with van der Waals surface area (Å²) in [5.41, 5.74) is 2.81. The van der Waals surface area contributed by atoms with Gasteiger partial charge in [0.2, 0.25) is 6.29 Å². The van der Waals surface area contributed by atoms with Gasteiger partial charge in [-0.05, 0) is 68.5 Å². The van der Waals surface area contributed by atoms with Crippen molar-refractivity contribution in [1.29, 1.82) is 0 Å². The molecule has 2 fully saturated rings. The quantitative estimate of drug-likeness (QED) is 0.360. The number of aldehydes is 1. The Morgan fingerprint density at radius 3 is 2.71 bits per heavy atom. The third-order valence-corrected chi connectivity index (χ3v) is 5.57. The molecule has 1 atom stereocenters. The van der Waals surface area contributed by atoms with Crippen molar-refractivity contribution in [2.24, 2.45) is 5.16 Å². The minimum atomic E-state index is -0.359. The number of anilines is 1. The first-order chi connectivity index (χ1) is 15.3. The van der Waals surface area contributed by atoms with Crippen molar-refractivity contribution < 1.29 is 19.1 Å². The molecule has 3 heterocycles. The molecule has 0 aliphatic carbocycles. The van der Waals surface area contributed by atoms with Gasteiger partial charge in [0, 0.05) is 37.0 Å². The molecule has 0 bridgehead atoms. The van der Waals surface area contributed by atoms with Gasteiger partial charge in [0.15, 0.2) is 0 Å². The highest BCUT2D eigenvalue weighted by Gasteiger charge is 2.17. The third kappa shape index (κ3) is 6.04. The van der Waals surface area contributed by atoms with Crippen molar-refractivity contribution in [2.45, 2.75) is 44.8 Å². The van der Waals surface area contributed by atoms with Crippen molar-refractivity contribution >= 4 is 17.7 Å². The largest absolute Gasteiger partial charge is 0.487 e. The molecule has 4 rings (SSSR count). The molecule has 0 radical (unpaired) electrons. The highest BCUT2D eigenvalue weighted by atomic mass is 16.8. The van der Waals surface area contributed by atoms with E-state index in [4.69, 9.17) is 14.3 Å². The predicted molar refractivity (Wildman–Crippen MR) is 119 cm³/mol. The fourth-order valence-corrected chi connectivity index (χ4v) is 3.80. The molecule has 0 amide bonds. The topological polar surface area (TPSA) is 73.2 Å². The Balaban J connectivity index is 1.44. The molecule has 2 aliphatic rings. The minimum Gasteiger partial charge on any atom is -0.487 e. The molecule has 2 saturated heterocycles. The Labute approximate surface area is 183 Å². The van der Waals surface area contributed by atoms with Gasteiger partial charge in [-0.25, -0.2) is 0 Å². The average Bonchev–Trinajstić information content (AvgIpc) is 2.85. The highest BCUT2D eigenvalue weighted by Crippen LogP contribution is 2.23. The number of carbonyl (C=O) groups excluding carboxylic acids is 1. The number of aromatic nitrogens is 1. The fourth-order valence-electron chi connectivity index (χ4n) is 3.80. The molecule has 0 N–H and O–H groups in total. The number of hydrogen-bond donors (Lipinski definition) is 0. The Morgan fingerprint density at radius 2 is 1.97 bits per heavy atom. The van der Waals surface area contributed by atoms with Crippen LogP contribution in [0.5, 0.6) is 5.75 Å². The van der Waals surface area contributed by atoms with E-state index in [-0.39, 0.29) is 12.9 Å². The molecule has 2 aromatic rings. The van der Waals surface area contributed by atoms with E-state index in [1.54, 1.807) is 18.3 Å². The number of benzene rings is 1. The molecule has 1 unspecified atom stereocenters. The van der Waals surface area contributed by atoms with Gasteiger partial charge in [0.05, 0.1) is 12.3 Å². The number of hydrogen-bond acceptors (Lipinski definition) is 7. The Kier molecular flexibility index (Phi) is 7.50. The lowest BCUT2D eigenvalue weighted by Gasteiger charge is -2.28. The van der Waals surface area contributed by atoms with Gasteiger partial charge in [-0.1, -0.05) is 5.16 Å². The van der Waals surface area contributed by atoms with Gasteiger partial charge in [0.25, 0.3) is 0 Å². The van der Waals surface area contributed by atoms with Crippen LogP contribution in [0.3, 0.4) is 0 Å². The second kappa shape index (κ2) is 10.9. The molecule has 1 aromatic carbocycles. The summed E-state index contributed by atoms with van der Waals surface area (Å²) in [4.78, 5) is 23.5. The zero-order chi connectivity index (χ0) is 21.3. The zero-order valence-electron chi connectivity index (χ0n) is 17.7. The minimum absolute atomic E-state index is 0.172. The van der Waals surface area contributed by atoms with E-state index < -0.39 is 0 Å². The Bertz CT molecular complexity index is 873. The molecular weight excluding hydrogens is 394 g/mol. The van der Waals surface area contributed by atoms with Gasteiger partial charge in [0.1, 0.15) is 24.4 Å². The molecule has 0 spiro atoms. The van der Waals surface area contributed by atoms with Crippen molar-refractivity contribution in [3.05, 3.63) is 53.9 Å². The van der Waals surface area contributed by atoms with Gasteiger partial charge < -0.3 is 19.2 Å².